The molecular weight excluding hydrogens is 376 g/mol. The quantitative estimate of drug-likeness (QED) is 0.580. The molecular formula is C21H34N2O4S. The molecule has 1 atom stereocenters. The van der Waals surface area contributed by atoms with E-state index in [0.717, 1.165) is 24.8 Å². The fourth-order valence-corrected chi connectivity index (χ4v) is 4.66. The first kappa shape index (κ1) is 22.8. The summed E-state index contributed by atoms with van der Waals surface area (Å²) >= 11 is 0. The lowest BCUT2D eigenvalue weighted by molar-refractivity contribution is -0.123. The number of sulfonamides is 1. The van der Waals surface area contributed by atoms with E-state index >= 15 is 0 Å². The molecule has 6 nitrogen and oxygen atoms in total. The van der Waals surface area contributed by atoms with Crippen molar-refractivity contribution in [3.63, 3.8) is 0 Å². The fourth-order valence-electron chi connectivity index (χ4n) is 3.32. The summed E-state index contributed by atoms with van der Waals surface area (Å²) in [6.07, 6.45) is 7.10. The summed E-state index contributed by atoms with van der Waals surface area (Å²) < 4.78 is 33.6. The van der Waals surface area contributed by atoms with Crippen LogP contribution in [0.4, 0.5) is 0 Å². The Balaban J connectivity index is 1.81. The first-order chi connectivity index (χ1) is 13.3. The third-order valence-corrected chi connectivity index (χ3v) is 6.55. The Hall–Kier alpha value is -1.44. The Labute approximate surface area is 169 Å². The third-order valence-electron chi connectivity index (χ3n) is 5.09. The van der Waals surface area contributed by atoms with Crippen LogP contribution in [0.2, 0.25) is 0 Å². The lowest BCUT2D eigenvalue weighted by Gasteiger charge is -2.23. The van der Waals surface area contributed by atoms with Crippen LogP contribution in [-0.2, 0) is 19.6 Å². The van der Waals surface area contributed by atoms with Crippen LogP contribution < -0.4 is 10.0 Å². The highest BCUT2D eigenvalue weighted by molar-refractivity contribution is 7.89. The van der Waals surface area contributed by atoms with Gasteiger partial charge >= 0.3 is 0 Å². The van der Waals surface area contributed by atoms with E-state index in [-0.39, 0.29) is 16.7 Å². The second-order valence-corrected chi connectivity index (χ2v) is 9.65. The van der Waals surface area contributed by atoms with Gasteiger partial charge in [0.15, 0.2) is 0 Å². The number of benzene rings is 1. The van der Waals surface area contributed by atoms with Crippen LogP contribution in [0.1, 0.15) is 57.9 Å². The standard InChI is InChI=1S/C21H34N2O4S/c1-16(2)20(23-28(25,26)19-12-10-17(3)11-13-19)21(24)22-14-7-15-27-18-8-5-4-6-9-18/h10-13,16,18,20,23H,4-9,14-15H2,1-3H3,(H,22,24)/t20-/m0/s1. The van der Waals surface area contributed by atoms with Crippen LogP contribution in [0, 0.1) is 12.8 Å². The predicted molar refractivity (Wildman–Crippen MR) is 111 cm³/mol. The van der Waals surface area contributed by atoms with Crippen molar-refractivity contribution < 1.29 is 17.9 Å². The molecule has 0 saturated heterocycles. The second-order valence-electron chi connectivity index (χ2n) is 7.93. The molecule has 1 aromatic rings. The van der Waals surface area contributed by atoms with Gasteiger partial charge in [-0.3, -0.25) is 4.79 Å². The number of carbonyl (C=O) groups is 1. The number of nitrogens with one attached hydrogen (secondary N) is 2. The third kappa shape index (κ3) is 7.18. The van der Waals surface area contributed by atoms with Gasteiger partial charge in [0.25, 0.3) is 0 Å². The normalized spacial score (nSPS) is 16.9. The van der Waals surface area contributed by atoms with Gasteiger partial charge in [0.1, 0.15) is 6.04 Å². The summed E-state index contributed by atoms with van der Waals surface area (Å²) in [4.78, 5) is 12.7. The molecule has 0 radical (unpaired) electrons. The zero-order chi connectivity index (χ0) is 20.6. The molecule has 1 saturated carbocycles. The molecule has 1 amide bonds. The van der Waals surface area contributed by atoms with E-state index in [2.05, 4.69) is 10.0 Å². The molecule has 0 unspecified atom stereocenters. The van der Waals surface area contributed by atoms with Crippen LogP contribution in [0.5, 0.6) is 0 Å². The van der Waals surface area contributed by atoms with Crippen LogP contribution in [0.25, 0.3) is 0 Å². The van der Waals surface area contributed by atoms with Crippen molar-refractivity contribution in [2.45, 2.75) is 76.3 Å². The first-order valence-corrected chi connectivity index (χ1v) is 11.8. The van der Waals surface area contributed by atoms with Gasteiger partial charge in [0.05, 0.1) is 11.0 Å². The highest BCUT2D eigenvalue weighted by Gasteiger charge is 2.28. The largest absolute Gasteiger partial charge is 0.378 e. The van der Waals surface area contributed by atoms with Crippen molar-refractivity contribution in [1.82, 2.24) is 10.0 Å². The number of amides is 1. The molecule has 158 valence electrons. The molecule has 0 spiro atoms. The maximum Gasteiger partial charge on any atom is 0.241 e. The van der Waals surface area contributed by atoms with Gasteiger partial charge in [-0.05, 0) is 44.2 Å². The number of hydrogen-bond acceptors (Lipinski definition) is 4. The van der Waals surface area contributed by atoms with Crippen molar-refractivity contribution in [1.29, 1.82) is 0 Å². The molecule has 7 heteroatoms. The minimum Gasteiger partial charge on any atom is -0.378 e. The van der Waals surface area contributed by atoms with E-state index in [1.165, 1.54) is 19.3 Å². The Bertz CT molecular complexity index is 710. The summed E-state index contributed by atoms with van der Waals surface area (Å²) in [6.45, 7) is 6.64. The lowest BCUT2D eigenvalue weighted by Crippen LogP contribution is -2.49. The van der Waals surface area contributed by atoms with Gasteiger partial charge in [0, 0.05) is 13.2 Å². The highest BCUT2D eigenvalue weighted by Crippen LogP contribution is 2.20. The summed E-state index contributed by atoms with van der Waals surface area (Å²) in [5.41, 5.74) is 0.979. The Morgan fingerprint density at radius 1 is 1.14 bits per heavy atom. The lowest BCUT2D eigenvalue weighted by atomic mass is 9.98. The molecule has 1 aromatic carbocycles. The van der Waals surface area contributed by atoms with Crippen molar-refractivity contribution in [3.05, 3.63) is 29.8 Å². The van der Waals surface area contributed by atoms with Gasteiger partial charge in [0.2, 0.25) is 15.9 Å². The smallest absolute Gasteiger partial charge is 0.241 e. The van der Waals surface area contributed by atoms with Crippen molar-refractivity contribution >= 4 is 15.9 Å². The number of aryl methyl sites for hydroxylation is 1. The molecule has 1 fully saturated rings. The van der Waals surface area contributed by atoms with Crippen molar-refractivity contribution in [2.75, 3.05) is 13.2 Å². The minimum atomic E-state index is -3.75. The fraction of sp³-hybridized carbons (Fsp3) is 0.667. The maximum absolute atomic E-state index is 12.6. The molecule has 1 aliphatic rings. The number of rotatable bonds is 10. The van der Waals surface area contributed by atoms with Crippen LogP contribution in [0.15, 0.2) is 29.2 Å². The number of ether oxygens (including phenoxy) is 1. The van der Waals surface area contributed by atoms with Gasteiger partial charge in [-0.25, -0.2) is 8.42 Å². The van der Waals surface area contributed by atoms with E-state index < -0.39 is 16.1 Å². The topological polar surface area (TPSA) is 84.5 Å². The summed E-state index contributed by atoms with van der Waals surface area (Å²) in [7, 11) is -3.75. The summed E-state index contributed by atoms with van der Waals surface area (Å²) in [6, 6.07) is 5.77. The zero-order valence-electron chi connectivity index (χ0n) is 17.2. The van der Waals surface area contributed by atoms with Crippen molar-refractivity contribution in [3.8, 4) is 0 Å². The van der Waals surface area contributed by atoms with Gasteiger partial charge in [-0.2, -0.15) is 4.72 Å². The molecule has 28 heavy (non-hydrogen) atoms. The Morgan fingerprint density at radius 3 is 2.39 bits per heavy atom. The first-order valence-electron chi connectivity index (χ1n) is 10.3. The molecule has 2 N–H and O–H groups in total. The van der Waals surface area contributed by atoms with Gasteiger partial charge in [-0.1, -0.05) is 50.8 Å². The highest BCUT2D eigenvalue weighted by atomic mass is 32.2. The van der Waals surface area contributed by atoms with E-state index in [1.54, 1.807) is 24.3 Å². The van der Waals surface area contributed by atoms with Crippen LogP contribution >= 0.6 is 0 Å². The monoisotopic (exact) mass is 410 g/mol. The molecule has 0 heterocycles. The van der Waals surface area contributed by atoms with E-state index in [0.29, 0.717) is 19.3 Å². The molecule has 1 aliphatic carbocycles. The number of carbonyl (C=O) groups excluding carboxylic acids is 1. The molecule has 2 rings (SSSR count). The average Bonchev–Trinajstić information content (AvgIpc) is 2.66. The van der Waals surface area contributed by atoms with Crippen LogP contribution in [0.3, 0.4) is 0 Å². The summed E-state index contributed by atoms with van der Waals surface area (Å²) in [5, 5.41) is 2.84. The van der Waals surface area contributed by atoms with E-state index in [9.17, 15) is 13.2 Å². The van der Waals surface area contributed by atoms with E-state index in [1.807, 2.05) is 20.8 Å². The zero-order valence-corrected chi connectivity index (χ0v) is 18.1. The summed E-state index contributed by atoms with van der Waals surface area (Å²) in [5.74, 6) is -0.470. The Kier molecular flexibility index (Phi) is 8.92. The predicted octanol–water partition coefficient (Wildman–Crippen LogP) is 3.15. The Morgan fingerprint density at radius 2 is 1.79 bits per heavy atom. The minimum absolute atomic E-state index is 0.164. The SMILES string of the molecule is Cc1ccc(S(=O)(=O)N[C@H](C(=O)NCCCOC2CCCCC2)C(C)C)cc1. The van der Waals surface area contributed by atoms with Gasteiger partial charge in [-0.15, -0.1) is 0 Å². The average molecular weight is 411 g/mol. The second kappa shape index (κ2) is 10.9. The molecule has 0 bridgehead atoms. The van der Waals surface area contributed by atoms with E-state index in [4.69, 9.17) is 4.74 Å². The number of hydrogen-bond donors (Lipinski definition) is 2. The molecule has 0 aliphatic heterocycles. The van der Waals surface area contributed by atoms with Crippen molar-refractivity contribution in [2.24, 2.45) is 5.92 Å². The molecule has 0 aromatic heterocycles. The van der Waals surface area contributed by atoms with Crippen LogP contribution in [-0.4, -0.2) is 39.6 Å². The van der Waals surface area contributed by atoms with Gasteiger partial charge < -0.3 is 10.1 Å². The maximum atomic E-state index is 12.6.